The predicted octanol–water partition coefficient (Wildman–Crippen LogP) is 3.84. The van der Waals surface area contributed by atoms with Crippen molar-refractivity contribution in [3.05, 3.63) is 60.7 Å². The van der Waals surface area contributed by atoms with E-state index in [4.69, 9.17) is 13.9 Å². The van der Waals surface area contributed by atoms with Crippen molar-refractivity contribution in [3.63, 3.8) is 0 Å². The fraction of sp³-hybridized carbons (Fsp3) is 0.273. The van der Waals surface area contributed by atoms with Gasteiger partial charge in [0.2, 0.25) is 11.7 Å². The van der Waals surface area contributed by atoms with Gasteiger partial charge in [0.05, 0.1) is 42.9 Å². The van der Waals surface area contributed by atoms with Crippen LogP contribution in [0.1, 0.15) is 29.4 Å². The highest BCUT2D eigenvalue weighted by molar-refractivity contribution is 5.91. The number of benzene rings is 1. The Morgan fingerprint density at radius 1 is 1.20 bits per heavy atom. The lowest BCUT2D eigenvalue weighted by Gasteiger charge is -2.08. The Morgan fingerprint density at radius 2 is 2.10 bits per heavy atom. The number of oxazole rings is 1. The Morgan fingerprint density at radius 3 is 2.93 bits per heavy atom. The topological polar surface area (TPSA) is 103 Å². The van der Waals surface area contributed by atoms with Crippen LogP contribution >= 0.6 is 0 Å². The summed E-state index contributed by atoms with van der Waals surface area (Å²) in [4.78, 5) is 28.0. The first-order valence-corrected chi connectivity index (χ1v) is 9.73. The van der Waals surface area contributed by atoms with Crippen LogP contribution in [0.2, 0.25) is 0 Å². The van der Waals surface area contributed by atoms with Crippen LogP contribution in [0.4, 0.5) is 0 Å². The number of nitrogens with zero attached hydrogens (tertiary/aromatic N) is 3. The number of rotatable bonds is 10. The molecular formula is C22H22N4O4. The number of ether oxygens (including phenoxy) is 2. The highest BCUT2D eigenvalue weighted by Crippen LogP contribution is 2.30. The third kappa shape index (κ3) is 4.55. The first kappa shape index (κ1) is 19.8. The average molecular weight is 406 g/mol. The van der Waals surface area contributed by atoms with Gasteiger partial charge >= 0.3 is 0 Å². The van der Waals surface area contributed by atoms with Gasteiger partial charge < -0.3 is 18.9 Å². The number of nitrogens with one attached hydrogen (secondary N) is 1. The lowest BCUT2D eigenvalue weighted by Crippen LogP contribution is -2.05. The third-order valence-electron chi connectivity index (χ3n) is 4.65. The second-order valence-electron chi connectivity index (χ2n) is 6.71. The number of Topliss-reactive ketones (excluding diaryl/α,β-unsaturated/α-hetero) is 1. The summed E-state index contributed by atoms with van der Waals surface area (Å²) in [6, 6.07) is 9.94. The van der Waals surface area contributed by atoms with Gasteiger partial charge in [-0.2, -0.15) is 0 Å². The molecule has 0 atom stereocenters. The quantitative estimate of drug-likeness (QED) is 0.315. The van der Waals surface area contributed by atoms with Crippen LogP contribution in [0.5, 0.6) is 5.88 Å². The van der Waals surface area contributed by atoms with E-state index < -0.39 is 0 Å². The molecule has 0 bridgehead atoms. The lowest BCUT2D eigenvalue weighted by atomic mass is 10.1. The molecule has 3 aromatic heterocycles. The van der Waals surface area contributed by atoms with Crippen LogP contribution < -0.4 is 4.74 Å². The fourth-order valence-electron chi connectivity index (χ4n) is 3.15. The molecule has 8 heteroatoms. The number of fused-ring (bicyclic) bond motifs is 1. The summed E-state index contributed by atoms with van der Waals surface area (Å²) in [6.45, 7) is 0.996. The Kier molecular flexibility index (Phi) is 6.14. The zero-order valence-electron chi connectivity index (χ0n) is 16.6. The monoisotopic (exact) mass is 406 g/mol. The van der Waals surface area contributed by atoms with Crippen molar-refractivity contribution in [2.24, 2.45) is 0 Å². The zero-order valence-corrected chi connectivity index (χ0v) is 16.6. The van der Waals surface area contributed by atoms with Crippen LogP contribution in [-0.2, 0) is 11.2 Å². The highest BCUT2D eigenvalue weighted by atomic mass is 16.5. The Hall–Kier alpha value is -3.52. The average Bonchev–Trinajstić information content (AvgIpc) is 3.47. The normalized spacial score (nSPS) is 11.1. The number of para-hydroxylation sites is 1. The molecule has 0 unspecified atom stereocenters. The number of aromatic amines is 1. The van der Waals surface area contributed by atoms with Gasteiger partial charge in [-0.25, -0.2) is 15.0 Å². The SMILES string of the molecule is COc1nc2ccccc2cc1-c1cnc(CCOCCCC(=O)c2ncco2)[nH]1. The number of imidazole rings is 1. The molecule has 1 N–H and O–H groups in total. The summed E-state index contributed by atoms with van der Waals surface area (Å²) in [5.41, 5.74) is 2.59. The minimum atomic E-state index is -0.114. The molecule has 0 saturated carbocycles. The van der Waals surface area contributed by atoms with Crippen molar-refractivity contribution in [3.8, 4) is 17.1 Å². The number of hydrogen-bond donors (Lipinski definition) is 1. The lowest BCUT2D eigenvalue weighted by molar-refractivity contribution is 0.0907. The van der Waals surface area contributed by atoms with Crippen molar-refractivity contribution < 1.29 is 18.7 Å². The molecule has 0 saturated heterocycles. The Bertz CT molecular complexity index is 1120. The van der Waals surface area contributed by atoms with Crippen LogP contribution in [0.15, 0.2) is 53.4 Å². The van der Waals surface area contributed by atoms with Gasteiger partial charge in [0, 0.05) is 24.8 Å². The van der Waals surface area contributed by atoms with Gasteiger partial charge in [-0.3, -0.25) is 4.79 Å². The van der Waals surface area contributed by atoms with Crippen molar-refractivity contribution in [2.45, 2.75) is 19.3 Å². The van der Waals surface area contributed by atoms with E-state index in [1.807, 2.05) is 30.3 Å². The van der Waals surface area contributed by atoms with E-state index in [1.165, 1.54) is 12.5 Å². The number of ketones is 1. The molecule has 0 radical (unpaired) electrons. The zero-order chi connectivity index (χ0) is 20.8. The van der Waals surface area contributed by atoms with E-state index in [2.05, 4.69) is 19.9 Å². The molecule has 3 heterocycles. The van der Waals surface area contributed by atoms with E-state index in [0.717, 1.165) is 28.0 Å². The van der Waals surface area contributed by atoms with Crippen LogP contribution in [-0.4, -0.2) is 46.0 Å². The van der Waals surface area contributed by atoms with Gasteiger partial charge in [0.25, 0.3) is 5.89 Å². The van der Waals surface area contributed by atoms with Crippen LogP contribution in [0.3, 0.4) is 0 Å². The fourth-order valence-corrected chi connectivity index (χ4v) is 3.15. The van der Waals surface area contributed by atoms with Crippen molar-refractivity contribution in [1.29, 1.82) is 0 Å². The molecule has 0 aliphatic carbocycles. The minimum absolute atomic E-state index is 0.114. The van der Waals surface area contributed by atoms with E-state index in [1.54, 1.807) is 13.3 Å². The highest BCUT2D eigenvalue weighted by Gasteiger charge is 2.13. The molecule has 0 aliphatic heterocycles. The van der Waals surface area contributed by atoms with Gasteiger partial charge in [-0.1, -0.05) is 18.2 Å². The maximum Gasteiger partial charge on any atom is 0.263 e. The van der Waals surface area contributed by atoms with Gasteiger partial charge in [-0.05, 0) is 18.6 Å². The molecule has 4 rings (SSSR count). The summed E-state index contributed by atoms with van der Waals surface area (Å²) in [5.74, 6) is 1.40. The van der Waals surface area contributed by atoms with E-state index >= 15 is 0 Å². The summed E-state index contributed by atoms with van der Waals surface area (Å²) in [5, 5.41) is 1.03. The molecule has 1 aromatic carbocycles. The molecule has 0 spiro atoms. The molecule has 0 amide bonds. The van der Waals surface area contributed by atoms with Gasteiger partial charge in [0.15, 0.2) is 0 Å². The maximum atomic E-state index is 11.8. The van der Waals surface area contributed by atoms with E-state index in [-0.39, 0.29) is 11.7 Å². The van der Waals surface area contributed by atoms with Crippen molar-refractivity contribution in [2.75, 3.05) is 20.3 Å². The van der Waals surface area contributed by atoms with Crippen molar-refractivity contribution >= 4 is 16.7 Å². The summed E-state index contributed by atoms with van der Waals surface area (Å²) in [7, 11) is 1.61. The maximum absolute atomic E-state index is 11.8. The van der Waals surface area contributed by atoms with Crippen LogP contribution in [0, 0.1) is 0 Å². The molecule has 154 valence electrons. The standard InChI is InChI=1S/C22H22N4O4/c1-28-21-16(13-15-5-2-3-6-17(15)26-21)18-14-24-20(25-18)8-11-29-10-4-7-19(27)22-23-9-12-30-22/h2-3,5-6,9,12-14H,4,7-8,10-11H2,1H3,(H,24,25). The number of carbonyl (C=O) groups is 1. The van der Waals surface area contributed by atoms with Gasteiger partial charge in [0.1, 0.15) is 12.1 Å². The minimum Gasteiger partial charge on any atom is -0.480 e. The molecule has 0 fully saturated rings. The second-order valence-corrected chi connectivity index (χ2v) is 6.71. The number of hydrogen-bond acceptors (Lipinski definition) is 7. The molecule has 0 aliphatic rings. The number of aromatic nitrogens is 4. The predicted molar refractivity (Wildman–Crippen MR) is 110 cm³/mol. The smallest absolute Gasteiger partial charge is 0.263 e. The van der Waals surface area contributed by atoms with E-state index in [0.29, 0.717) is 38.4 Å². The Labute approximate surface area is 173 Å². The third-order valence-corrected chi connectivity index (χ3v) is 4.65. The van der Waals surface area contributed by atoms with E-state index in [9.17, 15) is 4.79 Å². The number of methoxy groups -OCH3 is 1. The molecule has 4 aromatic rings. The number of carbonyl (C=O) groups excluding carboxylic acids is 1. The summed E-state index contributed by atoms with van der Waals surface area (Å²) in [6.07, 6.45) is 6.23. The number of pyridine rings is 1. The first-order valence-electron chi connectivity index (χ1n) is 9.73. The molecular weight excluding hydrogens is 384 g/mol. The first-order chi connectivity index (χ1) is 14.7. The summed E-state index contributed by atoms with van der Waals surface area (Å²) >= 11 is 0. The van der Waals surface area contributed by atoms with Crippen molar-refractivity contribution in [1.82, 2.24) is 19.9 Å². The van der Waals surface area contributed by atoms with Crippen LogP contribution in [0.25, 0.3) is 22.2 Å². The Balaban J connectivity index is 1.29. The molecule has 8 nitrogen and oxygen atoms in total. The largest absolute Gasteiger partial charge is 0.480 e. The second kappa shape index (κ2) is 9.32. The molecule has 30 heavy (non-hydrogen) atoms. The number of H-pyrrole nitrogens is 1. The summed E-state index contributed by atoms with van der Waals surface area (Å²) < 4.78 is 16.1. The van der Waals surface area contributed by atoms with Gasteiger partial charge in [-0.15, -0.1) is 0 Å².